The molecule has 2 aromatic rings. The second kappa shape index (κ2) is 4.72. The summed E-state index contributed by atoms with van der Waals surface area (Å²) in [5.74, 6) is -7.64. The van der Waals surface area contributed by atoms with E-state index in [0.717, 1.165) is 5.39 Å². The van der Waals surface area contributed by atoms with Gasteiger partial charge in [0.2, 0.25) is 6.17 Å². The molecule has 1 aliphatic rings. The Morgan fingerprint density at radius 1 is 1.10 bits per heavy atom. The average molecular weight is 299 g/mol. The highest BCUT2D eigenvalue weighted by molar-refractivity contribution is 5.80. The average Bonchev–Trinajstić information content (AvgIpc) is 2.86. The van der Waals surface area contributed by atoms with Crippen LogP contribution in [0, 0.1) is 0 Å². The largest absolute Gasteiger partial charge is 0.343 e. The number of allylic oxidation sites excluding steroid dienone is 4. The lowest BCUT2D eigenvalue weighted by molar-refractivity contribution is -0.0246. The van der Waals surface area contributed by atoms with Crippen LogP contribution in [0.1, 0.15) is 0 Å². The zero-order valence-corrected chi connectivity index (χ0v) is 10.7. The lowest BCUT2D eigenvalue weighted by atomic mass is 10.00. The number of hydrogen-bond acceptors (Lipinski definition) is 0. The summed E-state index contributed by atoms with van der Waals surface area (Å²) in [6.45, 7) is -0.297. The van der Waals surface area contributed by atoms with Crippen LogP contribution in [0.5, 0.6) is 0 Å². The summed E-state index contributed by atoms with van der Waals surface area (Å²) in [7, 11) is 0. The number of benzene rings is 1. The van der Waals surface area contributed by atoms with Crippen LogP contribution in [-0.2, 0) is 6.54 Å². The third-order valence-corrected chi connectivity index (χ3v) is 3.44. The first-order chi connectivity index (χ1) is 9.90. The van der Waals surface area contributed by atoms with Crippen molar-refractivity contribution in [3.8, 4) is 0 Å². The lowest BCUT2D eigenvalue weighted by Crippen LogP contribution is -2.32. The van der Waals surface area contributed by atoms with Crippen molar-refractivity contribution >= 4 is 10.9 Å². The van der Waals surface area contributed by atoms with Crippen molar-refractivity contribution in [1.82, 2.24) is 4.57 Å². The zero-order chi connectivity index (χ0) is 15.2. The van der Waals surface area contributed by atoms with Gasteiger partial charge in [-0.15, -0.1) is 0 Å². The first kappa shape index (κ1) is 13.9. The van der Waals surface area contributed by atoms with Crippen LogP contribution >= 0.6 is 0 Å². The number of rotatable bonds is 2. The van der Waals surface area contributed by atoms with Gasteiger partial charge in [0.25, 0.3) is 0 Å². The lowest BCUT2D eigenvalue weighted by Gasteiger charge is -2.23. The summed E-state index contributed by atoms with van der Waals surface area (Å²) in [6.07, 6.45) is -1.52. The highest BCUT2D eigenvalue weighted by Crippen LogP contribution is 2.39. The molecular weight excluding hydrogens is 289 g/mol. The standard InChI is InChI=1S/C15H10F5N/c16-12-10(7-15(19,20)14(18)13(12)17)8-21-6-5-9-3-1-2-4-11(9)21/h1-7,14H,8H2. The number of halogens is 5. The molecule has 1 aromatic heterocycles. The zero-order valence-electron chi connectivity index (χ0n) is 10.7. The minimum atomic E-state index is -4.04. The minimum Gasteiger partial charge on any atom is -0.343 e. The second-order valence-corrected chi connectivity index (χ2v) is 4.87. The molecule has 110 valence electrons. The van der Waals surface area contributed by atoms with Gasteiger partial charge in [0.1, 0.15) is 0 Å². The molecular formula is C15H10F5N. The number of aromatic nitrogens is 1. The van der Waals surface area contributed by atoms with Crippen molar-refractivity contribution < 1.29 is 22.0 Å². The predicted molar refractivity (Wildman–Crippen MR) is 69.1 cm³/mol. The van der Waals surface area contributed by atoms with Crippen LogP contribution < -0.4 is 0 Å². The van der Waals surface area contributed by atoms with Gasteiger partial charge in [-0.3, -0.25) is 0 Å². The van der Waals surface area contributed by atoms with E-state index in [2.05, 4.69) is 0 Å². The maximum absolute atomic E-state index is 13.7. The molecule has 1 unspecified atom stereocenters. The number of alkyl halides is 3. The predicted octanol–water partition coefficient (Wildman–Crippen LogP) is 4.71. The van der Waals surface area contributed by atoms with Crippen molar-refractivity contribution in [2.75, 3.05) is 0 Å². The van der Waals surface area contributed by atoms with Gasteiger partial charge in [-0.1, -0.05) is 18.2 Å². The number of para-hydroxylation sites is 1. The van der Waals surface area contributed by atoms with Gasteiger partial charge in [0.05, 0.1) is 6.54 Å². The fourth-order valence-corrected chi connectivity index (χ4v) is 2.38. The van der Waals surface area contributed by atoms with E-state index >= 15 is 0 Å². The van der Waals surface area contributed by atoms with Crippen molar-refractivity contribution in [3.63, 3.8) is 0 Å². The summed E-state index contributed by atoms with van der Waals surface area (Å²) in [5, 5.41) is 0.842. The molecule has 0 fully saturated rings. The Labute approximate surface area is 117 Å². The smallest absolute Gasteiger partial charge is 0.304 e. The van der Waals surface area contributed by atoms with Crippen LogP contribution in [0.3, 0.4) is 0 Å². The third kappa shape index (κ3) is 2.24. The molecule has 1 nitrogen and oxygen atoms in total. The van der Waals surface area contributed by atoms with Gasteiger partial charge in [-0.05, 0) is 23.6 Å². The second-order valence-electron chi connectivity index (χ2n) is 4.87. The molecule has 1 heterocycles. The molecule has 0 spiro atoms. The van der Waals surface area contributed by atoms with Gasteiger partial charge in [0, 0.05) is 17.3 Å². The number of fused-ring (bicyclic) bond motifs is 1. The Bertz CT molecular complexity index is 756. The molecule has 1 atom stereocenters. The first-order valence-electron chi connectivity index (χ1n) is 6.23. The van der Waals surface area contributed by atoms with E-state index in [9.17, 15) is 22.0 Å². The maximum Gasteiger partial charge on any atom is 0.304 e. The summed E-state index contributed by atoms with van der Waals surface area (Å²) in [4.78, 5) is 0. The van der Waals surface area contributed by atoms with E-state index < -0.39 is 29.3 Å². The van der Waals surface area contributed by atoms with Crippen molar-refractivity contribution in [1.29, 1.82) is 0 Å². The Morgan fingerprint density at radius 3 is 2.57 bits per heavy atom. The highest BCUT2D eigenvalue weighted by atomic mass is 19.3. The molecule has 0 radical (unpaired) electrons. The third-order valence-electron chi connectivity index (χ3n) is 3.44. The molecule has 0 amide bonds. The highest BCUT2D eigenvalue weighted by Gasteiger charge is 2.47. The molecule has 0 N–H and O–H groups in total. The van der Waals surface area contributed by atoms with Crippen LogP contribution in [0.4, 0.5) is 22.0 Å². The van der Waals surface area contributed by atoms with Crippen LogP contribution in [-0.4, -0.2) is 16.7 Å². The molecule has 0 bridgehead atoms. The molecule has 0 aliphatic heterocycles. The molecule has 6 heteroatoms. The van der Waals surface area contributed by atoms with Gasteiger partial charge in [-0.25, -0.2) is 13.2 Å². The van der Waals surface area contributed by atoms with Crippen molar-refractivity contribution in [3.05, 3.63) is 59.8 Å². The first-order valence-corrected chi connectivity index (χ1v) is 6.23. The SMILES string of the molecule is FC1=C(F)C(F)C(F)(F)C=C1Cn1ccc2ccccc21. The quantitative estimate of drug-likeness (QED) is 0.708. The molecule has 3 rings (SSSR count). The van der Waals surface area contributed by atoms with Gasteiger partial charge >= 0.3 is 5.92 Å². The van der Waals surface area contributed by atoms with E-state index in [-0.39, 0.29) is 12.6 Å². The van der Waals surface area contributed by atoms with Crippen molar-refractivity contribution in [2.45, 2.75) is 18.6 Å². The van der Waals surface area contributed by atoms with E-state index in [4.69, 9.17) is 0 Å². The van der Waals surface area contributed by atoms with Gasteiger partial charge in [0.15, 0.2) is 11.7 Å². The van der Waals surface area contributed by atoms with E-state index in [1.54, 1.807) is 36.5 Å². The van der Waals surface area contributed by atoms with Gasteiger partial charge in [-0.2, -0.15) is 8.78 Å². The monoisotopic (exact) mass is 299 g/mol. The van der Waals surface area contributed by atoms with E-state index in [0.29, 0.717) is 5.52 Å². The summed E-state index contributed by atoms with van der Waals surface area (Å²) in [5.41, 5.74) is 0.130. The summed E-state index contributed by atoms with van der Waals surface area (Å²) in [6, 6.07) is 8.81. The number of nitrogens with zero attached hydrogens (tertiary/aromatic N) is 1. The number of hydrogen-bond donors (Lipinski definition) is 0. The van der Waals surface area contributed by atoms with Gasteiger partial charge < -0.3 is 4.57 Å². The Hall–Kier alpha value is -2.11. The summed E-state index contributed by atoms with van der Waals surface area (Å²) >= 11 is 0. The molecule has 0 saturated heterocycles. The van der Waals surface area contributed by atoms with E-state index in [1.807, 2.05) is 0 Å². The van der Waals surface area contributed by atoms with E-state index in [1.165, 1.54) is 4.57 Å². The minimum absolute atomic E-state index is 0.158. The maximum atomic E-state index is 13.7. The molecule has 1 aliphatic carbocycles. The van der Waals surface area contributed by atoms with Crippen LogP contribution in [0.15, 0.2) is 59.8 Å². The fraction of sp³-hybridized carbons (Fsp3) is 0.200. The normalized spacial score (nSPS) is 21.8. The van der Waals surface area contributed by atoms with Crippen LogP contribution in [0.2, 0.25) is 0 Å². The fourth-order valence-electron chi connectivity index (χ4n) is 2.38. The molecule has 0 saturated carbocycles. The Balaban J connectivity index is 2.01. The Kier molecular flexibility index (Phi) is 3.11. The molecule has 21 heavy (non-hydrogen) atoms. The van der Waals surface area contributed by atoms with Crippen LogP contribution in [0.25, 0.3) is 10.9 Å². The molecule has 1 aromatic carbocycles. The Morgan fingerprint density at radius 2 is 1.81 bits per heavy atom. The van der Waals surface area contributed by atoms with Crippen molar-refractivity contribution in [2.24, 2.45) is 0 Å². The topological polar surface area (TPSA) is 4.93 Å². The summed E-state index contributed by atoms with van der Waals surface area (Å²) < 4.78 is 68.1.